The van der Waals surface area contributed by atoms with E-state index in [4.69, 9.17) is 0 Å². The Kier molecular flexibility index (Phi) is 2.65. The molecule has 0 saturated heterocycles. The average molecular weight is 166 g/mol. The summed E-state index contributed by atoms with van der Waals surface area (Å²) in [5.74, 6) is 0. The highest BCUT2D eigenvalue weighted by molar-refractivity contribution is 5.15. The van der Waals surface area contributed by atoms with Crippen molar-refractivity contribution in [1.82, 2.24) is 9.78 Å². The Morgan fingerprint density at radius 1 is 1.67 bits per heavy atom. The van der Waals surface area contributed by atoms with E-state index in [1.165, 1.54) is 0 Å². The predicted octanol–water partition coefficient (Wildman–Crippen LogP) is 1.42. The van der Waals surface area contributed by atoms with Crippen molar-refractivity contribution < 1.29 is 5.11 Å². The summed E-state index contributed by atoms with van der Waals surface area (Å²) in [4.78, 5) is 0. The molecule has 1 aromatic heterocycles. The molecule has 12 heavy (non-hydrogen) atoms. The van der Waals surface area contributed by atoms with Gasteiger partial charge in [-0.25, -0.2) is 0 Å². The monoisotopic (exact) mass is 166 g/mol. The fourth-order valence-electron chi connectivity index (χ4n) is 1.00. The van der Waals surface area contributed by atoms with Crippen molar-refractivity contribution in [2.75, 3.05) is 0 Å². The van der Waals surface area contributed by atoms with Gasteiger partial charge in [0.2, 0.25) is 0 Å². The largest absolute Gasteiger partial charge is 0.384 e. The Morgan fingerprint density at radius 2 is 2.33 bits per heavy atom. The highest BCUT2D eigenvalue weighted by Crippen LogP contribution is 2.13. The molecule has 0 bridgehead atoms. The van der Waals surface area contributed by atoms with Crippen LogP contribution in [0, 0.1) is 0 Å². The second kappa shape index (κ2) is 3.54. The summed E-state index contributed by atoms with van der Waals surface area (Å²) in [5.41, 5.74) is 1.94. The van der Waals surface area contributed by atoms with Gasteiger partial charge in [-0.2, -0.15) is 5.10 Å². The van der Waals surface area contributed by atoms with Gasteiger partial charge in [0.05, 0.1) is 6.20 Å². The normalized spacial score (nSPS) is 12.7. The predicted molar refractivity (Wildman–Crippen MR) is 47.6 cm³/mol. The van der Waals surface area contributed by atoms with Gasteiger partial charge in [0, 0.05) is 18.8 Å². The van der Waals surface area contributed by atoms with E-state index >= 15 is 0 Å². The zero-order valence-corrected chi connectivity index (χ0v) is 7.65. The molecular formula is C9H14N2O. The number of nitrogens with zero attached hydrogens (tertiary/aromatic N) is 2. The molecule has 0 saturated carbocycles. The summed E-state index contributed by atoms with van der Waals surface area (Å²) >= 11 is 0. The Balaban J connectivity index is 2.78. The molecule has 3 nitrogen and oxygen atoms in total. The van der Waals surface area contributed by atoms with Crippen LogP contribution in [0.5, 0.6) is 0 Å². The molecule has 1 atom stereocenters. The second-order valence-corrected chi connectivity index (χ2v) is 3.14. The van der Waals surface area contributed by atoms with Crippen LogP contribution in [0.2, 0.25) is 0 Å². The summed E-state index contributed by atoms with van der Waals surface area (Å²) < 4.78 is 1.68. The Hall–Kier alpha value is -1.09. The lowest BCUT2D eigenvalue weighted by molar-refractivity contribution is 0.227. The first-order valence-corrected chi connectivity index (χ1v) is 3.91. The zero-order chi connectivity index (χ0) is 9.14. The topological polar surface area (TPSA) is 38.1 Å². The number of allylic oxidation sites excluding steroid dienone is 1. The zero-order valence-electron chi connectivity index (χ0n) is 7.65. The van der Waals surface area contributed by atoms with Gasteiger partial charge in [-0.1, -0.05) is 11.6 Å². The third-order valence-electron chi connectivity index (χ3n) is 1.56. The third-order valence-corrected chi connectivity index (χ3v) is 1.56. The summed E-state index contributed by atoms with van der Waals surface area (Å²) in [7, 11) is 1.83. The minimum atomic E-state index is -0.524. The quantitative estimate of drug-likeness (QED) is 0.675. The van der Waals surface area contributed by atoms with E-state index in [9.17, 15) is 5.11 Å². The van der Waals surface area contributed by atoms with Crippen LogP contribution in [0.15, 0.2) is 24.0 Å². The maximum absolute atomic E-state index is 9.57. The van der Waals surface area contributed by atoms with Crippen molar-refractivity contribution in [2.45, 2.75) is 20.0 Å². The molecule has 0 fully saturated rings. The van der Waals surface area contributed by atoms with E-state index in [-0.39, 0.29) is 0 Å². The van der Waals surface area contributed by atoms with Crippen molar-refractivity contribution in [3.63, 3.8) is 0 Å². The van der Waals surface area contributed by atoms with Crippen LogP contribution in [0.1, 0.15) is 25.5 Å². The molecule has 1 rings (SSSR count). The Morgan fingerprint density at radius 3 is 2.75 bits per heavy atom. The van der Waals surface area contributed by atoms with Crippen molar-refractivity contribution >= 4 is 0 Å². The van der Waals surface area contributed by atoms with Gasteiger partial charge in [0.15, 0.2) is 0 Å². The van der Waals surface area contributed by atoms with Crippen LogP contribution in [0.4, 0.5) is 0 Å². The van der Waals surface area contributed by atoms with Crippen LogP contribution in [-0.4, -0.2) is 14.9 Å². The number of aliphatic hydroxyl groups is 1. The first kappa shape index (κ1) is 9.00. The summed E-state index contributed by atoms with van der Waals surface area (Å²) in [6.07, 6.45) is 4.76. The minimum absolute atomic E-state index is 0.524. The van der Waals surface area contributed by atoms with Crippen LogP contribution in [-0.2, 0) is 7.05 Å². The molecule has 0 aliphatic rings. The minimum Gasteiger partial charge on any atom is -0.384 e. The van der Waals surface area contributed by atoms with Crippen LogP contribution < -0.4 is 0 Å². The third kappa shape index (κ3) is 2.20. The Labute approximate surface area is 72.3 Å². The lowest BCUT2D eigenvalue weighted by atomic mass is 10.1. The molecule has 0 aliphatic carbocycles. The van der Waals surface area contributed by atoms with Gasteiger partial charge >= 0.3 is 0 Å². The number of aromatic nitrogens is 2. The summed E-state index contributed by atoms with van der Waals surface area (Å²) in [6, 6.07) is 0. The number of aliphatic hydroxyl groups excluding tert-OH is 1. The van der Waals surface area contributed by atoms with Crippen molar-refractivity contribution in [2.24, 2.45) is 7.05 Å². The lowest BCUT2D eigenvalue weighted by Gasteiger charge is -2.01. The van der Waals surface area contributed by atoms with Crippen molar-refractivity contribution in [3.05, 3.63) is 29.6 Å². The highest BCUT2D eigenvalue weighted by Gasteiger charge is 2.04. The Bertz CT molecular complexity index is 284. The second-order valence-electron chi connectivity index (χ2n) is 3.14. The molecule has 1 heterocycles. The van der Waals surface area contributed by atoms with E-state index in [2.05, 4.69) is 5.10 Å². The molecule has 0 radical (unpaired) electrons. The standard InChI is InChI=1S/C9H14N2O/c1-7(2)4-9(12)8-5-10-11(3)6-8/h4-6,9,12H,1-3H3. The molecule has 1 aromatic rings. The molecule has 0 amide bonds. The van der Waals surface area contributed by atoms with E-state index in [1.54, 1.807) is 17.0 Å². The highest BCUT2D eigenvalue weighted by atomic mass is 16.3. The smallest absolute Gasteiger partial charge is 0.100 e. The van der Waals surface area contributed by atoms with Gasteiger partial charge in [0.25, 0.3) is 0 Å². The van der Waals surface area contributed by atoms with Crippen molar-refractivity contribution in [1.29, 1.82) is 0 Å². The van der Waals surface area contributed by atoms with E-state index < -0.39 is 6.10 Å². The van der Waals surface area contributed by atoms with E-state index in [0.717, 1.165) is 11.1 Å². The molecule has 66 valence electrons. The molecule has 1 unspecified atom stereocenters. The number of aryl methyl sites for hydroxylation is 1. The van der Waals surface area contributed by atoms with Gasteiger partial charge < -0.3 is 5.11 Å². The fourth-order valence-corrected chi connectivity index (χ4v) is 1.00. The molecule has 3 heteroatoms. The van der Waals surface area contributed by atoms with E-state index in [1.807, 2.05) is 27.1 Å². The lowest BCUT2D eigenvalue weighted by Crippen LogP contribution is -1.91. The maximum atomic E-state index is 9.57. The van der Waals surface area contributed by atoms with Gasteiger partial charge in [0.1, 0.15) is 6.10 Å². The fraction of sp³-hybridized carbons (Fsp3) is 0.444. The maximum Gasteiger partial charge on any atom is 0.100 e. The first-order chi connectivity index (χ1) is 5.59. The summed E-state index contributed by atoms with van der Waals surface area (Å²) in [6.45, 7) is 3.92. The number of hydrogen-bond donors (Lipinski definition) is 1. The van der Waals surface area contributed by atoms with Gasteiger partial charge in [-0.3, -0.25) is 4.68 Å². The van der Waals surface area contributed by atoms with E-state index in [0.29, 0.717) is 0 Å². The molecule has 0 aliphatic heterocycles. The molecular weight excluding hydrogens is 152 g/mol. The molecule has 0 spiro atoms. The average Bonchev–Trinajstić information content (AvgIpc) is 2.34. The van der Waals surface area contributed by atoms with Crippen molar-refractivity contribution in [3.8, 4) is 0 Å². The van der Waals surface area contributed by atoms with Gasteiger partial charge in [-0.15, -0.1) is 0 Å². The molecule has 1 N–H and O–H groups in total. The number of hydrogen-bond acceptors (Lipinski definition) is 2. The first-order valence-electron chi connectivity index (χ1n) is 3.91. The number of rotatable bonds is 2. The van der Waals surface area contributed by atoms with Crippen LogP contribution in [0.25, 0.3) is 0 Å². The van der Waals surface area contributed by atoms with Crippen LogP contribution >= 0.6 is 0 Å². The molecule has 0 aromatic carbocycles. The summed E-state index contributed by atoms with van der Waals surface area (Å²) in [5, 5.41) is 13.5. The van der Waals surface area contributed by atoms with Crippen LogP contribution in [0.3, 0.4) is 0 Å². The SMILES string of the molecule is CC(C)=CC(O)c1cnn(C)c1. The van der Waals surface area contributed by atoms with Gasteiger partial charge in [-0.05, 0) is 13.8 Å².